The summed E-state index contributed by atoms with van der Waals surface area (Å²) < 4.78 is 6.37. The number of anilines is 1. The lowest BCUT2D eigenvalue weighted by molar-refractivity contribution is -0.118. The zero-order chi connectivity index (χ0) is 21.3. The molecule has 6 nitrogen and oxygen atoms in total. The third kappa shape index (κ3) is 6.72. The summed E-state index contributed by atoms with van der Waals surface area (Å²) in [7, 11) is 0. The predicted molar refractivity (Wildman–Crippen MR) is 121 cm³/mol. The first-order valence-corrected chi connectivity index (χ1v) is 10.0. The summed E-state index contributed by atoms with van der Waals surface area (Å²) in [6.45, 7) is -0.136. The van der Waals surface area contributed by atoms with Crippen molar-refractivity contribution in [3.8, 4) is 5.75 Å². The Morgan fingerprint density at radius 1 is 1.03 bits per heavy atom. The molecule has 0 radical (unpaired) electrons. The highest BCUT2D eigenvalue weighted by molar-refractivity contribution is 9.10. The van der Waals surface area contributed by atoms with Crippen LogP contribution in [0, 0.1) is 0 Å². The molecule has 2 N–H and O–H groups in total. The molecular formula is C22H17BrClN3O3. The van der Waals surface area contributed by atoms with Crippen molar-refractivity contribution >= 4 is 51.2 Å². The van der Waals surface area contributed by atoms with Crippen LogP contribution in [0.3, 0.4) is 0 Å². The van der Waals surface area contributed by atoms with E-state index in [-0.39, 0.29) is 18.4 Å². The molecule has 152 valence electrons. The maximum Gasteiger partial charge on any atom is 0.271 e. The van der Waals surface area contributed by atoms with Crippen molar-refractivity contribution in [2.75, 3.05) is 11.9 Å². The van der Waals surface area contributed by atoms with Crippen LogP contribution in [0.15, 0.2) is 82.4 Å². The van der Waals surface area contributed by atoms with Gasteiger partial charge in [0.2, 0.25) is 0 Å². The zero-order valence-electron chi connectivity index (χ0n) is 15.6. The van der Waals surface area contributed by atoms with Crippen LogP contribution in [0.4, 0.5) is 5.69 Å². The molecule has 3 aromatic carbocycles. The van der Waals surface area contributed by atoms with E-state index in [1.54, 1.807) is 72.8 Å². The number of ether oxygens (including phenoxy) is 1. The Hall–Kier alpha value is -3.16. The molecule has 30 heavy (non-hydrogen) atoms. The second-order valence-corrected chi connectivity index (χ2v) is 7.47. The molecule has 0 bridgehead atoms. The Bertz CT molecular complexity index is 1050. The van der Waals surface area contributed by atoms with Gasteiger partial charge in [0.05, 0.1) is 6.21 Å². The van der Waals surface area contributed by atoms with E-state index in [9.17, 15) is 9.59 Å². The molecule has 0 aliphatic carbocycles. The summed E-state index contributed by atoms with van der Waals surface area (Å²) in [5.74, 6) is -0.0599. The molecule has 0 aliphatic rings. The number of amides is 2. The Morgan fingerprint density at radius 3 is 2.47 bits per heavy atom. The maximum absolute atomic E-state index is 12.0. The quantitative estimate of drug-likeness (QED) is 0.369. The topological polar surface area (TPSA) is 79.8 Å². The van der Waals surface area contributed by atoms with E-state index in [1.165, 1.54) is 6.21 Å². The van der Waals surface area contributed by atoms with Crippen LogP contribution < -0.4 is 15.5 Å². The fourth-order valence-electron chi connectivity index (χ4n) is 2.39. The van der Waals surface area contributed by atoms with Crippen molar-refractivity contribution in [3.05, 3.63) is 93.4 Å². The number of hydrazone groups is 1. The number of hydrogen-bond donors (Lipinski definition) is 2. The molecule has 0 fully saturated rings. The minimum atomic E-state index is -0.301. The summed E-state index contributed by atoms with van der Waals surface area (Å²) in [6, 6.07) is 20.8. The van der Waals surface area contributed by atoms with E-state index < -0.39 is 0 Å². The van der Waals surface area contributed by atoms with Crippen LogP contribution in [0.5, 0.6) is 5.75 Å². The predicted octanol–water partition coefficient (Wildman–Crippen LogP) is 4.88. The van der Waals surface area contributed by atoms with Crippen LogP contribution in [0.2, 0.25) is 5.02 Å². The van der Waals surface area contributed by atoms with Gasteiger partial charge in [-0.3, -0.25) is 9.59 Å². The van der Waals surface area contributed by atoms with Gasteiger partial charge in [0.15, 0.2) is 6.61 Å². The van der Waals surface area contributed by atoms with Crippen molar-refractivity contribution in [1.29, 1.82) is 0 Å². The molecule has 0 saturated carbocycles. The normalized spacial score (nSPS) is 10.6. The van der Waals surface area contributed by atoms with Crippen LogP contribution in [-0.4, -0.2) is 24.6 Å². The van der Waals surface area contributed by atoms with Crippen molar-refractivity contribution in [3.63, 3.8) is 0 Å². The highest BCUT2D eigenvalue weighted by Crippen LogP contribution is 2.15. The van der Waals surface area contributed by atoms with Gasteiger partial charge in [-0.25, -0.2) is 5.43 Å². The van der Waals surface area contributed by atoms with Gasteiger partial charge in [0, 0.05) is 20.7 Å². The van der Waals surface area contributed by atoms with E-state index in [4.69, 9.17) is 16.3 Å². The number of carbonyl (C=O) groups is 2. The minimum absolute atomic E-state index is 0.136. The van der Waals surface area contributed by atoms with Crippen molar-refractivity contribution in [1.82, 2.24) is 5.43 Å². The molecular weight excluding hydrogens is 470 g/mol. The fourth-order valence-corrected chi connectivity index (χ4v) is 2.85. The molecule has 0 saturated heterocycles. The van der Waals surface area contributed by atoms with E-state index in [1.807, 2.05) is 0 Å². The summed E-state index contributed by atoms with van der Waals surface area (Å²) in [6.07, 6.45) is 1.52. The lowest BCUT2D eigenvalue weighted by Gasteiger charge is -2.08. The Kier molecular flexibility index (Phi) is 7.59. The van der Waals surface area contributed by atoms with E-state index >= 15 is 0 Å². The standard InChI is InChI=1S/C22H17BrClN3O3/c23-17-8-6-16(7-9-17)22(29)27-25-13-15-4-10-20(11-5-15)30-14-21(28)26-19-3-1-2-18(24)12-19/h1-13H,14H2,(H,26,28)(H,27,29)/b25-13-. The number of rotatable bonds is 7. The van der Waals surface area contributed by atoms with E-state index in [2.05, 4.69) is 31.8 Å². The highest BCUT2D eigenvalue weighted by atomic mass is 79.9. The lowest BCUT2D eigenvalue weighted by atomic mass is 10.2. The van der Waals surface area contributed by atoms with Gasteiger partial charge in [0.1, 0.15) is 5.75 Å². The molecule has 0 aliphatic heterocycles. The SMILES string of the molecule is O=C(COc1ccc(/C=N\NC(=O)c2ccc(Br)cc2)cc1)Nc1cccc(Cl)c1. The molecule has 0 aromatic heterocycles. The van der Waals surface area contributed by atoms with Gasteiger partial charge in [-0.1, -0.05) is 33.6 Å². The van der Waals surface area contributed by atoms with Gasteiger partial charge in [-0.2, -0.15) is 5.10 Å². The average Bonchev–Trinajstić information content (AvgIpc) is 2.73. The molecule has 0 heterocycles. The molecule has 3 aromatic rings. The number of nitrogens with zero attached hydrogens (tertiary/aromatic N) is 1. The molecule has 3 rings (SSSR count). The molecule has 0 atom stereocenters. The largest absolute Gasteiger partial charge is 0.484 e. The van der Waals surface area contributed by atoms with Gasteiger partial charge in [-0.15, -0.1) is 0 Å². The highest BCUT2D eigenvalue weighted by Gasteiger charge is 2.05. The maximum atomic E-state index is 12.0. The van der Waals surface area contributed by atoms with Crippen LogP contribution >= 0.6 is 27.5 Å². The van der Waals surface area contributed by atoms with E-state index in [0.717, 1.165) is 10.0 Å². The molecule has 0 spiro atoms. The first-order chi connectivity index (χ1) is 14.5. The Labute approximate surface area is 187 Å². The molecule has 8 heteroatoms. The van der Waals surface area contributed by atoms with Gasteiger partial charge in [0.25, 0.3) is 11.8 Å². The number of benzene rings is 3. The lowest BCUT2D eigenvalue weighted by Crippen LogP contribution is -2.20. The Morgan fingerprint density at radius 2 is 1.77 bits per heavy atom. The minimum Gasteiger partial charge on any atom is -0.484 e. The third-order valence-corrected chi connectivity index (χ3v) is 4.61. The number of carbonyl (C=O) groups excluding carboxylic acids is 2. The monoisotopic (exact) mass is 485 g/mol. The van der Waals surface area contributed by atoms with Crippen molar-refractivity contribution in [2.24, 2.45) is 5.10 Å². The summed E-state index contributed by atoms with van der Waals surface area (Å²) in [5, 5.41) is 7.19. The Balaban J connectivity index is 1.46. The number of hydrogen-bond acceptors (Lipinski definition) is 4. The second-order valence-electron chi connectivity index (χ2n) is 6.12. The van der Waals surface area contributed by atoms with Crippen molar-refractivity contribution < 1.29 is 14.3 Å². The number of halogens is 2. The molecule has 2 amide bonds. The smallest absolute Gasteiger partial charge is 0.271 e. The summed E-state index contributed by atoms with van der Waals surface area (Å²) in [5.41, 5.74) is 4.35. The summed E-state index contributed by atoms with van der Waals surface area (Å²) in [4.78, 5) is 24.0. The van der Waals surface area contributed by atoms with Gasteiger partial charge >= 0.3 is 0 Å². The second kappa shape index (κ2) is 10.6. The van der Waals surface area contributed by atoms with Crippen LogP contribution in [-0.2, 0) is 4.79 Å². The van der Waals surface area contributed by atoms with Crippen LogP contribution in [0.1, 0.15) is 15.9 Å². The van der Waals surface area contributed by atoms with Gasteiger partial charge < -0.3 is 10.1 Å². The first-order valence-electron chi connectivity index (χ1n) is 8.87. The molecule has 0 unspecified atom stereocenters. The van der Waals surface area contributed by atoms with Gasteiger partial charge in [-0.05, 0) is 72.3 Å². The summed E-state index contributed by atoms with van der Waals surface area (Å²) >= 11 is 9.21. The average molecular weight is 487 g/mol. The third-order valence-electron chi connectivity index (χ3n) is 3.84. The van der Waals surface area contributed by atoms with Crippen molar-refractivity contribution in [2.45, 2.75) is 0 Å². The zero-order valence-corrected chi connectivity index (χ0v) is 18.0. The van der Waals surface area contributed by atoms with E-state index in [0.29, 0.717) is 22.0 Å². The fraction of sp³-hybridized carbons (Fsp3) is 0.0455. The number of nitrogens with one attached hydrogen (secondary N) is 2. The van der Waals surface area contributed by atoms with Crippen LogP contribution in [0.25, 0.3) is 0 Å². The first kappa shape index (κ1) is 21.5.